The second kappa shape index (κ2) is 8.46. The summed E-state index contributed by atoms with van der Waals surface area (Å²) in [6, 6.07) is 5.66. The first kappa shape index (κ1) is 16.3. The highest BCUT2D eigenvalue weighted by molar-refractivity contribution is 5.68. The monoisotopic (exact) mass is 280 g/mol. The number of ether oxygens (including phenoxy) is 2. The predicted octanol–water partition coefficient (Wildman–Crippen LogP) is 3.84. The zero-order chi connectivity index (χ0) is 15.0. The lowest BCUT2D eigenvalue weighted by Crippen LogP contribution is -2.10. The fourth-order valence-electron chi connectivity index (χ4n) is 1.76. The van der Waals surface area contributed by atoms with E-state index in [9.17, 15) is 4.79 Å². The molecule has 1 atom stereocenters. The minimum Gasteiger partial charge on any atom is -0.493 e. The van der Waals surface area contributed by atoms with Gasteiger partial charge >= 0.3 is 5.97 Å². The zero-order valence-corrected chi connectivity index (χ0v) is 12.5. The molecular formula is C16H24O4. The van der Waals surface area contributed by atoms with Gasteiger partial charge in [0.1, 0.15) is 11.5 Å². The van der Waals surface area contributed by atoms with Crippen molar-refractivity contribution >= 4 is 5.97 Å². The lowest BCUT2D eigenvalue weighted by Gasteiger charge is -2.14. The molecule has 4 nitrogen and oxygen atoms in total. The lowest BCUT2D eigenvalue weighted by molar-refractivity contribution is -0.139. The van der Waals surface area contributed by atoms with Gasteiger partial charge < -0.3 is 14.6 Å². The molecule has 0 aromatic heterocycles. The van der Waals surface area contributed by atoms with Gasteiger partial charge in [0, 0.05) is 6.07 Å². The van der Waals surface area contributed by atoms with E-state index in [4.69, 9.17) is 14.6 Å². The van der Waals surface area contributed by atoms with Crippen LogP contribution in [0.2, 0.25) is 0 Å². The Kier molecular flexibility index (Phi) is 6.91. The number of carboxylic acids is 1. The molecule has 1 aromatic rings. The van der Waals surface area contributed by atoms with E-state index >= 15 is 0 Å². The number of unbranched alkanes of at least 4 members (excludes halogenated alkanes) is 1. The van der Waals surface area contributed by atoms with Gasteiger partial charge in [-0.25, -0.2) is 4.79 Å². The third-order valence-corrected chi connectivity index (χ3v) is 3.21. The number of carbonyl (C=O) groups is 1. The Morgan fingerprint density at radius 2 is 1.85 bits per heavy atom. The van der Waals surface area contributed by atoms with Gasteiger partial charge in [0.15, 0.2) is 6.61 Å². The number of carboxylic acid groups (broad SMARTS) is 1. The molecule has 0 saturated carbocycles. The smallest absolute Gasteiger partial charge is 0.341 e. The molecule has 0 aliphatic rings. The molecule has 1 unspecified atom stereocenters. The van der Waals surface area contributed by atoms with Gasteiger partial charge in [-0.15, -0.1) is 0 Å². The van der Waals surface area contributed by atoms with Crippen LogP contribution >= 0.6 is 0 Å². The predicted molar refractivity (Wildman–Crippen MR) is 78.7 cm³/mol. The van der Waals surface area contributed by atoms with Crippen molar-refractivity contribution in [1.29, 1.82) is 0 Å². The summed E-state index contributed by atoms with van der Waals surface area (Å²) < 4.78 is 11.0. The van der Waals surface area contributed by atoms with E-state index in [0.717, 1.165) is 30.6 Å². The average Bonchev–Trinajstić information content (AvgIpc) is 2.44. The number of rotatable bonds is 9. The first-order valence-electron chi connectivity index (χ1n) is 7.19. The molecule has 1 rings (SSSR count). The van der Waals surface area contributed by atoms with E-state index in [1.165, 1.54) is 0 Å². The molecule has 0 aliphatic carbocycles. The molecule has 0 bridgehead atoms. The maximum atomic E-state index is 10.6. The van der Waals surface area contributed by atoms with E-state index in [-0.39, 0.29) is 6.61 Å². The van der Waals surface area contributed by atoms with Gasteiger partial charge in [0.2, 0.25) is 0 Å². The number of aliphatic carboxylic acids is 1. The largest absolute Gasteiger partial charge is 0.493 e. The molecular weight excluding hydrogens is 256 g/mol. The van der Waals surface area contributed by atoms with E-state index in [1.54, 1.807) is 6.07 Å². The summed E-state index contributed by atoms with van der Waals surface area (Å²) in [6.07, 6.45) is 3.09. The topological polar surface area (TPSA) is 55.8 Å². The zero-order valence-electron chi connectivity index (χ0n) is 12.5. The molecule has 0 saturated heterocycles. The maximum Gasteiger partial charge on any atom is 0.341 e. The molecule has 0 aliphatic heterocycles. The molecule has 0 heterocycles. The van der Waals surface area contributed by atoms with Crippen LogP contribution in [-0.4, -0.2) is 24.3 Å². The normalized spacial score (nSPS) is 11.9. The van der Waals surface area contributed by atoms with E-state index < -0.39 is 5.97 Å². The van der Waals surface area contributed by atoms with Gasteiger partial charge in [0.05, 0.1) is 6.61 Å². The Bertz CT molecular complexity index is 428. The van der Waals surface area contributed by atoms with Gasteiger partial charge in [-0.05, 0) is 36.5 Å². The van der Waals surface area contributed by atoms with Crippen molar-refractivity contribution < 1.29 is 19.4 Å². The van der Waals surface area contributed by atoms with E-state index in [0.29, 0.717) is 18.3 Å². The maximum absolute atomic E-state index is 10.6. The fourth-order valence-corrected chi connectivity index (χ4v) is 1.76. The minimum atomic E-state index is -0.979. The van der Waals surface area contributed by atoms with Crippen molar-refractivity contribution in [3.8, 4) is 11.5 Å². The van der Waals surface area contributed by atoms with Crippen molar-refractivity contribution in [3.05, 3.63) is 23.8 Å². The fraction of sp³-hybridized carbons (Fsp3) is 0.562. The van der Waals surface area contributed by atoms with Gasteiger partial charge in [-0.3, -0.25) is 0 Å². The summed E-state index contributed by atoms with van der Waals surface area (Å²) in [5, 5.41) is 8.69. The Hall–Kier alpha value is -1.71. The number of hydrogen-bond donors (Lipinski definition) is 1. The SMILES string of the molecule is CCCCOc1cc(OCC(=O)O)cc(C(C)CC)c1. The highest BCUT2D eigenvalue weighted by Crippen LogP contribution is 2.29. The Morgan fingerprint density at radius 1 is 1.20 bits per heavy atom. The quantitative estimate of drug-likeness (QED) is 0.698. The third kappa shape index (κ3) is 5.51. The summed E-state index contributed by atoms with van der Waals surface area (Å²) in [5.74, 6) is 0.706. The van der Waals surface area contributed by atoms with Crippen LogP contribution < -0.4 is 9.47 Å². The van der Waals surface area contributed by atoms with Gasteiger partial charge in [-0.1, -0.05) is 27.2 Å². The molecule has 1 N–H and O–H groups in total. The number of hydrogen-bond acceptors (Lipinski definition) is 3. The average molecular weight is 280 g/mol. The van der Waals surface area contributed by atoms with Crippen LogP contribution in [0.1, 0.15) is 51.5 Å². The standard InChI is InChI=1S/C16H24O4/c1-4-6-7-19-14-8-13(12(3)5-2)9-15(10-14)20-11-16(17)18/h8-10,12H,4-7,11H2,1-3H3,(H,17,18). The van der Waals surface area contributed by atoms with Gasteiger partial charge in [0.25, 0.3) is 0 Å². The molecule has 0 fully saturated rings. The Morgan fingerprint density at radius 3 is 2.40 bits per heavy atom. The van der Waals surface area contributed by atoms with Crippen molar-refractivity contribution in [2.24, 2.45) is 0 Å². The van der Waals surface area contributed by atoms with Crippen LogP contribution in [0.25, 0.3) is 0 Å². The lowest BCUT2D eigenvalue weighted by atomic mass is 9.98. The highest BCUT2D eigenvalue weighted by atomic mass is 16.5. The van der Waals surface area contributed by atoms with E-state index in [1.807, 2.05) is 12.1 Å². The summed E-state index contributed by atoms with van der Waals surface area (Å²) in [5.41, 5.74) is 1.11. The second-order valence-corrected chi connectivity index (χ2v) is 4.93. The number of benzene rings is 1. The van der Waals surface area contributed by atoms with Crippen molar-refractivity contribution in [2.75, 3.05) is 13.2 Å². The summed E-state index contributed by atoms with van der Waals surface area (Å²) in [7, 11) is 0. The first-order valence-corrected chi connectivity index (χ1v) is 7.19. The Balaban J connectivity index is 2.85. The molecule has 1 aromatic carbocycles. The van der Waals surface area contributed by atoms with E-state index in [2.05, 4.69) is 20.8 Å². The van der Waals surface area contributed by atoms with Crippen LogP contribution in [-0.2, 0) is 4.79 Å². The summed E-state index contributed by atoms with van der Waals surface area (Å²) >= 11 is 0. The molecule has 0 amide bonds. The van der Waals surface area contributed by atoms with Crippen LogP contribution in [0.3, 0.4) is 0 Å². The van der Waals surface area contributed by atoms with Crippen molar-refractivity contribution in [3.63, 3.8) is 0 Å². The first-order chi connectivity index (χ1) is 9.56. The van der Waals surface area contributed by atoms with Crippen LogP contribution in [0.5, 0.6) is 11.5 Å². The second-order valence-electron chi connectivity index (χ2n) is 4.93. The summed E-state index contributed by atoms with van der Waals surface area (Å²) in [4.78, 5) is 10.6. The minimum absolute atomic E-state index is 0.335. The highest BCUT2D eigenvalue weighted by Gasteiger charge is 2.09. The molecule has 112 valence electrons. The van der Waals surface area contributed by atoms with Crippen molar-refractivity contribution in [2.45, 2.75) is 46.0 Å². The molecule has 20 heavy (non-hydrogen) atoms. The molecule has 0 radical (unpaired) electrons. The third-order valence-electron chi connectivity index (χ3n) is 3.21. The Labute approximate surface area is 120 Å². The van der Waals surface area contributed by atoms with Crippen LogP contribution in [0.4, 0.5) is 0 Å². The van der Waals surface area contributed by atoms with Gasteiger partial charge in [-0.2, -0.15) is 0 Å². The molecule has 4 heteroatoms. The van der Waals surface area contributed by atoms with Crippen LogP contribution in [0.15, 0.2) is 18.2 Å². The summed E-state index contributed by atoms with van der Waals surface area (Å²) in [6.45, 7) is 6.69. The van der Waals surface area contributed by atoms with Crippen molar-refractivity contribution in [1.82, 2.24) is 0 Å². The van der Waals surface area contributed by atoms with Crippen LogP contribution in [0, 0.1) is 0 Å². The molecule has 0 spiro atoms.